The first-order valence-corrected chi connectivity index (χ1v) is 14.3. The Morgan fingerprint density at radius 1 is 0.868 bits per heavy atom. The third kappa shape index (κ3) is 3.88. The summed E-state index contributed by atoms with van der Waals surface area (Å²) in [6.45, 7) is 11.7. The van der Waals surface area contributed by atoms with Crippen LogP contribution in [0.1, 0.15) is 77.3 Å². The van der Waals surface area contributed by atoms with Crippen LogP contribution in [-0.2, 0) is 6.42 Å². The Balaban J connectivity index is 1.44. The van der Waals surface area contributed by atoms with Crippen molar-refractivity contribution in [2.45, 2.75) is 72.6 Å². The van der Waals surface area contributed by atoms with E-state index in [1.807, 2.05) is 6.20 Å². The Morgan fingerprint density at radius 2 is 1.63 bits per heavy atom. The van der Waals surface area contributed by atoms with Gasteiger partial charge in [-0.1, -0.05) is 77.1 Å². The molecule has 1 aliphatic carbocycles. The zero-order chi connectivity index (χ0) is 26.2. The zero-order valence-corrected chi connectivity index (χ0v) is 23.3. The van der Waals surface area contributed by atoms with Crippen molar-refractivity contribution in [1.29, 1.82) is 0 Å². The lowest BCUT2D eigenvalue weighted by molar-refractivity contribution is 0.224. The van der Waals surface area contributed by atoms with Crippen LogP contribution < -0.4 is 4.74 Å². The summed E-state index contributed by atoms with van der Waals surface area (Å²) in [7, 11) is 0. The van der Waals surface area contributed by atoms with Gasteiger partial charge in [-0.05, 0) is 99.5 Å². The van der Waals surface area contributed by atoms with Crippen molar-refractivity contribution < 1.29 is 4.74 Å². The van der Waals surface area contributed by atoms with Crippen molar-refractivity contribution in [2.24, 2.45) is 10.8 Å². The minimum Gasteiger partial charge on any atom is -0.456 e. The van der Waals surface area contributed by atoms with E-state index in [1.165, 1.54) is 63.7 Å². The van der Waals surface area contributed by atoms with E-state index in [0.717, 1.165) is 34.6 Å². The quantitative estimate of drug-likeness (QED) is 0.221. The molecule has 192 valence electrons. The molecular weight excluding hydrogens is 462 g/mol. The van der Waals surface area contributed by atoms with Crippen molar-refractivity contribution in [3.05, 3.63) is 78.0 Å². The Bertz CT molecular complexity index is 1730. The average molecular weight is 500 g/mol. The first kappa shape index (κ1) is 23.7. The summed E-state index contributed by atoms with van der Waals surface area (Å²) in [5.41, 5.74) is 5.54. The number of nitrogens with zero attached hydrogens (tertiary/aromatic N) is 1. The summed E-state index contributed by atoms with van der Waals surface area (Å²) >= 11 is 0. The maximum absolute atomic E-state index is 6.87. The monoisotopic (exact) mass is 499 g/mol. The minimum atomic E-state index is 0.134. The third-order valence-electron chi connectivity index (χ3n) is 8.94. The molecule has 2 aliphatic rings. The van der Waals surface area contributed by atoms with E-state index in [9.17, 15) is 0 Å². The lowest BCUT2D eigenvalue weighted by atomic mass is 9.71. The van der Waals surface area contributed by atoms with Crippen LogP contribution in [0, 0.1) is 10.8 Å². The highest BCUT2D eigenvalue weighted by atomic mass is 16.5. The van der Waals surface area contributed by atoms with Gasteiger partial charge in [0.05, 0.1) is 11.1 Å². The van der Waals surface area contributed by atoms with Gasteiger partial charge >= 0.3 is 0 Å². The van der Waals surface area contributed by atoms with E-state index in [4.69, 9.17) is 9.72 Å². The molecule has 1 fully saturated rings. The van der Waals surface area contributed by atoms with Crippen molar-refractivity contribution in [2.75, 3.05) is 0 Å². The number of rotatable bonds is 2. The van der Waals surface area contributed by atoms with Gasteiger partial charge in [-0.3, -0.25) is 4.98 Å². The van der Waals surface area contributed by atoms with Crippen LogP contribution in [0.5, 0.6) is 11.5 Å². The molecule has 0 bridgehead atoms. The number of hydrogen-bond acceptors (Lipinski definition) is 2. The summed E-state index contributed by atoms with van der Waals surface area (Å²) in [4.78, 5) is 4.98. The van der Waals surface area contributed by atoms with Crippen LogP contribution in [-0.4, -0.2) is 4.98 Å². The summed E-state index contributed by atoms with van der Waals surface area (Å²) < 4.78 is 6.87. The molecule has 0 N–H and O–H groups in total. The van der Waals surface area contributed by atoms with E-state index < -0.39 is 0 Å². The molecule has 0 unspecified atom stereocenters. The first-order chi connectivity index (χ1) is 18.2. The van der Waals surface area contributed by atoms with Crippen LogP contribution in [0.2, 0.25) is 0 Å². The van der Waals surface area contributed by atoms with Crippen molar-refractivity contribution >= 4 is 32.3 Å². The smallest absolute Gasteiger partial charge is 0.140 e. The van der Waals surface area contributed by atoms with Gasteiger partial charge < -0.3 is 4.74 Å². The van der Waals surface area contributed by atoms with Gasteiger partial charge in [-0.2, -0.15) is 0 Å². The van der Waals surface area contributed by atoms with E-state index in [2.05, 4.69) is 95.3 Å². The van der Waals surface area contributed by atoms with E-state index in [1.54, 1.807) is 0 Å². The van der Waals surface area contributed by atoms with Crippen molar-refractivity contribution in [3.63, 3.8) is 0 Å². The maximum Gasteiger partial charge on any atom is 0.140 e. The van der Waals surface area contributed by atoms with Gasteiger partial charge in [0, 0.05) is 17.3 Å². The van der Waals surface area contributed by atoms with Gasteiger partial charge in [0.25, 0.3) is 0 Å². The van der Waals surface area contributed by atoms with E-state index in [-0.39, 0.29) is 5.41 Å². The zero-order valence-electron chi connectivity index (χ0n) is 23.3. The highest BCUT2D eigenvalue weighted by Crippen LogP contribution is 2.52. The topological polar surface area (TPSA) is 22.1 Å². The van der Waals surface area contributed by atoms with Crippen molar-refractivity contribution in [3.8, 4) is 22.8 Å². The third-order valence-corrected chi connectivity index (χ3v) is 8.94. The normalized spacial score (nSPS) is 17.1. The molecular formula is C36H37NO. The highest BCUT2D eigenvalue weighted by Gasteiger charge is 2.30. The Kier molecular flexibility index (Phi) is 5.18. The van der Waals surface area contributed by atoms with Gasteiger partial charge in [0.15, 0.2) is 0 Å². The summed E-state index contributed by atoms with van der Waals surface area (Å²) in [5.74, 6) is 2.56. The van der Waals surface area contributed by atoms with Gasteiger partial charge in [0.1, 0.15) is 11.5 Å². The number of ether oxygens (including phenoxy) is 1. The number of aromatic nitrogens is 1. The predicted octanol–water partition coefficient (Wildman–Crippen LogP) is 10.6. The molecule has 2 nitrogen and oxygen atoms in total. The second-order valence-electron chi connectivity index (χ2n) is 13.7. The van der Waals surface area contributed by atoms with Gasteiger partial charge in [0.2, 0.25) is 0 Å². The van der Waals surface area contributed by atoms with Crippen LogP contribution in [0.3, 0.4) is 0 Å². The summed E-state index contributed by atoms with van der Waals surface area (Å²) in [6, 6.07) is 22.6. The van der Waals surface area contributed by atoms with Crippen molar-refractivity contribution in [1.82, 2.24) is 4.98 Å². The molecule has 0 spiro atoms. The highest BCUT2D eigenvalue weighted by molar-refractivity contribution is 6.16. The fraction of sp³-hybridized carbons (Fsp3) is 0.361. The Hall–Kier alpha value is -3.39. The van der Waals surface area contributed by atoms with E-state index in [0.29, 0.717) is 11.3 Å². The van der Waals surface area contributed by atoms with Crippen LogP contribution in [0.4, 0.5) is 0 Å². The Labute approximate surface area is 226 Å². The molecule has 38 heavy (non-hydrogen) atoms. The molecule has 0 amide bonds. The number of benzene rings is 4. The lowest BCUT2D eigenvalue weighted by Gasteiger charge is -2.34. The van der Waals surface area contributed by atoms with Gasteiger partial charge in [-0.25, -0.2) is 0 Å². The SMILES string of the molecule is CC(C)(C)Cc1c2c(cc3ccccc13)-c1nccc3c1c(cc1ccc(C4CCC(C)(C)CC4)cc13)O2. The molecule has 7 rings (SSSR count). The molecule has 0 atom stereocenters. The largest absolute Gasteiger partial charge is 0.456 e. The van der Waals surface area contributed by atoms with Crippen LogP contribution >= 0.6 is 0 Å². The number of pyridine rings is 1. The standard InChI is InChI=1S/C36H37NO/c1-35(2,3)21-30-26-9-7-6-8-24(26)19-29-33-32-27(14-17-37-33)28-18-23(22-12-15-36(4,5)16-13-22)10-11-25(28)20-31(32)38-34(29)30/h6-11,14,17-20,22H,12-13,15-16,21H2,1-5H3. The molecule has 2 heteroatoms. The number of hydrogen-bond donors (Lipinski definition) is 0. The second-order valence-corrected chi connectivity index (χ2v) is 13.7. The molecule has 0 saturated heterocycles. The Morgan fingerprint density at radius 3 is 2.42 bits per heavy atom. The number of fused-ring (bicyclic) bond motifs is 5. The van der Waals surface area contributed by atoms with Gasteiger partial charge in [-0.15, -0.1) is 0 Å². The summed E-state index contributed by atoms with van der Waals surface area (Å²) in [5, 5.41) is 7.48. The maximum atomic E-state index is 6.87. The van der Waals surface area contributed by atoms with E-state index >= 15 is 0 Å². The van der Waals surface area contributed by atoms with Crippen LogP contribution in [0.15, 0.2) is 66.9 Å². The predicted molar refractivity (Wildman–Crippen MR) is 160 cm³/mol. The first-order valence-electron chi connectivity index (χ1n) is 14.3. The molecule has 0 radical (unpaired) electrons. The molecule has 2 heterocycles. The molecule has 1 saturated carbocycles. The fourth-order valence-corrected chi connectivity index (χ4v) is 6.87. The lowest BCUT2D eigenvalue weighted by Crippen LogP contribution is -2.20. The van der Waals surface area contributed by atoms with Crippen LogP contribution in [0.25, 0.3) is 43.6 Å². The minimum absolute atomic E-state index is 0.134. The molecule has 4 aromatic carbocycles. The molecule has 1 aromatic heterocycles. The molecule has 1 aliphatic heterocycles. The second kappa shape index (κ2) is 8.30. The average Bonchev–Trinajstić information content (AvgIpc) is 2.88. The summed E-state index contributed by atoms with van der Waals surface area (Å²) in [6.07, 6.45) is 8.10. The molecule has 5 aromatic rings. The fourth-order valence-electron chi connectivity index (χ4n) is 6.87.